The summed E-state index contributed by atoms with van der Waals surface area (Å²) in [4.78, 5) is 0. The molecular weight excluding hydrogens is 252 g/mol. The van der Waals surface area contributed by atoms with Crippen LogP contribution in [-0.2, 0) is 0 Å². The Hall–Kier alpha value is -1.04. The minimum absolute atomic E-state index is 0.395. The molecule has 0 aliphatic heterocycles. The van der Waals surface area contributed by atoms with Gasteiger partial charge in [-0.3, -0.25) is 0 Å². The van der Waals surface area contributed by atoms with Gasteiger partial charge in [0.15, 0.2) is 0 Å². The lowest BCUT2D eigenvalue weighted by atomic mass is 9.82. The Bertz CT molecular complexity index is 449. The number of rotatable bonds is 7. The van der Waals surface area contributed by atoms with E-state index in [1.807, 2.05) is 6.08 Å². The molecule has 0 bridgehead atoms. The third kappa shape index (κ3) is 3.99. The van der Waals surface area contributed by atoms with Crippen molar-refractivity contribution in [1.82, 2.24) is 0 Å². The second-order valence-corrected chi connectivity index (χ2v) is 7.07. The maximum Gasteiger partial charge on any atom is -0.00216 e. The third-order valence-electron chi connectivity index (χ3n) is 5.48. The molecule has 0 radical (unpaired) electrons. The monoisotopic (exact) mass is 284 g/mol. The summed E-state index contributed by atoms with van der Waals surface area (Å²) in [6.45, 7) is 13.0. The Morgan fingerprint density at radius 2 is 2.14 bits per heavy atom. The maximum absolute atomic E-state index is 4.48. The lowest BCUT2D eigenvalue weighted by Crippen LogP contribution is -2.09. The average Bonchev–Trinajstić information content (AvgIpc) is 3.19. The molecule has 0 aromatic heterocycles. The van der Waals surface area contributed by atoms with E-state index in [1.165, 1.54) is 56.1 Å². The van der Waals surface area contributed by atoms with E-state index in [2.05, 4.69) is 39.2 Å². The normalized spacial score (nSPS) is 29.5. The van der Waals surface area contributed by atoms with E-state index in [1.54, 1.807) is 5.57 Å². The Balaban J connectivity index is 2.04. The molecule has 0 spiro atoms. The van der Waals surface area contributed by atoms with Crippen molar-refractivity contribution in [2.24, 2.45) is 11.3 Å². The Labute approximate surface area is 131 Å². The molecule has 0 heterocycles. The molecule has 2 unspecified atom stereocenters. The van der Waals surface area contributed by atoms with Crippen LogP contribution in [0.4, 0.5) is 0 Å². The standard InChI is InChI=1S/C21H32/c1-5-11-19(6-2)14-17(3)21(15-18(21)4)16-20-12-9-7-8-10-13-20/h6,11-12,18H,2-3,5,7-10,13-16H2,1,4H3. The van der Waals surface area contributed by atoms with Gasteiger partial charge in [-0.2, -0.15) is 0 Å². The molecule has 1 saturated carbocycles. The van der Waals surface area contributed by atoms with Gasteiger partial charge in [0.2, 0.25) is 0 Å². The molecule has 0 aromatic carbocycles. The lowest BCUT2D eigenvalue weighted by molar-refractivity contribution is 0.524. The lowest BCUT2D eigenvalue weighted by Gasteiger charge is -2.22. The smallest absolute Gasteiger partial charge is 0.00216 e. The summed E-state index contributed by atoms with van der Waals surface area (Å²) in [5, 5.41) is 0. The van der Waals surface area contributed by atoms with Gasteiger partial charge in [-0.15, -0.1) is 0 Å². The fourth-order valence-electron chi connectivity index (χ4n) is 3.91. The van der Waals surface area contributed by atoms with Gasteiger partial charge in [-0.25, -0.2) is 0 Å². The molecule has 0 aromatic rings. The largest absolute Gasteiger partial charge is 0.0989 e. The highest BCUT2D eigenvalue weighted by Gasteiger charge is 2.52. The van der Waals surface area contributed by atoms with E-state index in [0.717, 1.165) is 18.8 Å². The van der Waals surface area contributed by atoms with Gasteiger partial charge in [-0.1, -0.05) is 62.8 Å². The number of hydrogen-bond donors (Lipinski definition) is 0. The van der Waals surface area contributed by atoms with Crippen molar-refractivity contribution in [3.05, 3.63) is 48.1 Å². The highest BCUT2D eigenvalue weighted by molar-refractivity contribution is 5.33. The highest BCUT2D eigenvalue weighted by Crippen LogP contribution is 2.62. The molecule has 21 heavy (non-hydrogen) atoms. The van der Waals surface area contributed by atoms with Crippen LogP contribution in [0.1, 0.15) is 71.6 Å². The molecule has 2 atom stereocenters. The first-order valence-electron chi connectivity index (χ1n) is 8.80. The molecule has 0 heteroatoms. The zero-order valence-electron chi connectivity index (χ0n) is 14.1. The SMILES string of the molecule is C=CC(=CCC)CC(=C)C1(CC2=CCCCCC2)CC1C. The second-order valence-electron chi connectivity index (χ2n) is 7.07. The number of allylic oxidation sites excluding steroid dienone is 6. The van der Waals surface area contributed by atoms with Crippen LogP contribution < -0.4 is 0 Å². The van der Waals surface area contributed by atoms with Crippen molar-refractivity contribution < 1.29 is 0 Å². The quantitative estimate of drug-likeness (QED) is 0.358. The van der Waals surface area contributed by atoms with Crippen molar-refractivity contribution in [3.8, 4) is 0 Å². The molecule has 2 aliphatic rings. The fourth-order valence-corrected chi connectivity index (χ4v) is 3.91. The van der Waals surface area contributed by atoms with Crippen molar-refractivity contribution in [1.29, 1.82) is 0 Å². The summed E-state index contributed by atoms with van der Waals surface area (Å²) in [5.41, 5.74) is 4.90. The molecule has 2 rings (SSSR count). The molecule has 2 aliphatic carbocycles. The minimum atomic E-state index is 0.395. The van der Waals surface area contributed by atoms with E-state index in [4.69, 9.17) is 0 Å². The highest BCUT2D eigenvalue weighted by atomic mass is 14.6. The zero-order valence-corrected chi connectivity index (χ0v) is 14.1. The predicted molar refractivity (Wildman–Crippen MR) is 94.3 cm³/mol. The number of hydrogen-bond acceptors (Lipinski definition) is 0. The summed E-state index contributed by atoms with van der Waals surface area (Å²) in [6.07, 6.45) is 18.3. The first-order valence-corrected chi connectivity index (χ1v) is 8.80. The molecular formula is C21H32. The van der Waals surface area contributed by atoms with Crippen molar-refractivity contribution in [2.45, 2.75) is 71.6 Å². The van der Waals surface area contributed by atoms with Crippen LogP contribution in [0, 0.1) is 11.3 Å². The van der Waals surface area contributed by atoms with Crippen LogP contribution >= 0.6 is 0 Å². The molecule has 116 valence electrons. The van der Waals surface area contributed by atoms with Crippen molar-refractivity contribution in [3.63, 3.8) is 0 Å². The van der Waals surface area contributed by atoms with Crippen LogP contribution in [0.15, 0.2) is 48.1 Å². The third-order valence-corrected chi connectivity index (χ3v) is 5.48. The van der Waals surface area contributed by atoms with Crippen LogP contribution in [0.2, 0.25) is 0 Å². The van der Waals surface area contributed by atoms with Gasteiger partial charge in [0.05, 0.1) is 0 Å². The molecule has 0 N–H and O–H groups in total. The second kappa shape index (κ2) is 7.29. The zero-order chi connectivity index (χ0) is 15.3. The average molecular weight is 284 g/mol. The van der Waals surface area contributed by atoms with Crippen LogP contribution in [0.25, 0.3) is 0 Å². The van der Waals surface area contributed by atoms with Crippen molar-refractivity contribution >= 4 is 0 Å². The minimum Gasteiger partial charge on any atom is -0.0989 e. The van der Waals surface area contributed by atoms with E-state index in [-0.39, 0.29) is 0 Å². The van der Waals surface area contributed by atoms with E-state index < -0.39 is 0 Å². The molecule has 0 saturated heterocycles. The first kappa shape index (κ1) is 16.3. The topological polar surface area (TPSA) is 0 Å². The molecule has 0 amide bonds. The summed E-state index contributed by atoms with van der Waals surface area (Å²) >= 11 is 0. The van der Waals surface area contributed by atoms with E-state index in [9.17, 15) is 0 Å². The maximum atomic E-state index is 4.48. The van der Waals surface area contributed by atoms with E-state index >= 15 is 0 Å². The summed E-state index contributed by atoms with van der Waals surface area (Å²) in [7, 11) is 0. The van der Waals surface area contributed by atoms with Crippen LogP contribution in [0.3, 0.4) is 0 Å². The van der Waals surface area contributed by atoms with Gasteiger partial charge in [0, 0.05) is 0 Å². The summed E-state index contributed by atoms with van der Waals surface area (Å²) < 4.78 is 0. The van der Waals surface area contributed by atoms with Crippen molar-refractivity contribution in [2.75, 3.05) is 0 Å². The van der Waals surface area contributed by atoms with Crippen LogP contribution in [-0.4, -0.2) is 0 Å². The molecule has 1 fully saturated rings. The molecule has 0 nitrogen and oxygen atoms in total. The van der Waals surface area contributed by atoms with Gasteiger partial charge < -0.3 is 0 Å². The Morgan fingerprint density at radius 1 is 1.38 bits per heavy atom. The fraction of sp³-hybridized carbons (Fsp3) is 0.619. The van der Waals surface area contributed by atoms with Gasteiger partial charge in [0.25, 0.3) is 0 Å². The van der Waals surface area contributed by atoms with E-state index in [0.29, 0.717) is 5.41 Å². The summed E-state index contributed by atoms with van der Waals surface area (Å²) in [5.74, 6) is 0.807. The van der Waals surface area contributed by atoms with Gasteiger partial charge >= 0.3 is 0 Å². The Morgan fingerprint density at radius 3 is 2.76 bits per heavy atom. The predicted octanol–water partition coefficient (Wildman–Crippen LogP) is 6.76. The first-order chi connectivity index (χ1) is 10.1. The Kier molecular flexibility index (Phi) is 5.67. The van der Waals surface area contributed by atoms with Gasteiger partial charge in [-0.05, 0) is 68.3 Å². The summed E-state index contributed by atoms with van der Waals surface area (Å²) in [6, 6.07) is 0. The van der Waals surface area contributed by atoms with Gasteiger partial charge in [0.1, 0.15) is 0 Å². The van der Waals surface area contributed by atoms with Crippen LogP contribution in [0.5, 0.6) is 0 Å².